The largest absolute Gasteiger partial charge is 0.436 e. The third-order valence-electron chi connectivity index (χ3n) is 3.80. The molecule has 1 N–H and O–H groups in total. The predicted octanol–water partition coefficient (Wildman–Crippen LogP) is 6.20. The highest BCUT2D eigenvalue weighted by molar-refractivity contribution is 6.33. The van der Waals surface area contributed by atoms with Gasteiger partial charge < -0.3 is 9.73 Å². The Morgan fingerprint density at radius 1 is 0.917 bits per heavy atom. The van der Waals surface area contributed by atoms with Gasteiger partial charge in [0.2, 0.25) is 5.89 Å². The number of aryl methyl sites for hydroxylation is 1. The first-order chi connectivity index (χ1) is 11.7. The fraction of sp³-hybridized carbons (Fsp3) is 0.0500. The van der Waals surface area contributed by atoms with Gasteiger partial charge in [0.05, 0.1) is 10.6 Å². The highest BCUT2D eigenvalue weighted by atomic mass is 35.5. The summed E-state index contributed by atoms with van der Waals surface area (Å²) in [4.78, 5) is 4.57. The van der Waals surface area contributed by atoms with E-state index in [1.54, 1.807) is 0 Å². The molecule has 4 heteroatoms. The molecule has 118 valence electrons. The SMILES string of the molecule is Cc1ccc2oc(-c3cc(Nc4ccccc4)ccc3Cl)nc2c1. The quantitative estimate of drug-likeness (QED) is 0.484. The molecule has 0 saturated carbocycles. The van der Waals surface area contributed by atoms with Gasteiger partial charge in [-0.25, -0.2) is 4.98 Å². The smallest absolute Gasteiger partial charge is 0.228 e. The summed E-state index contributed by atoms with van der Waals surface area (Å²) in [5.74, 6) is 0.525. The van der Waals surface area contributed by atoms with Gasteiger partial charge in [-0.1, -0.05) is 35.9 Å². The molecular formula is C20H15ClN2O. The fourth-order valence-electron chi connectivity index (χ4n) is 2.61. The zero-order valence-corrected chi connectivity index (χ0v) is 13.8. The Balaban J connectivity index is 1.74. The van der Waals surface area contributed by atoms with Crippen LogP contribution in [0.15, 0.2) is 71.1 Å². The van der Waals surface area contributed by atoms with E-state index < -0.39 is 0 Å². The van der Waals surface area contributed by atoms with Crippen molar-refractivity contribution in [1.29, 1.82) is 0 Å². The van der Waals surface area contributed by atoms with E-state index in [1.165, 1.54) is 0 Å². The van der Waals surface area contributed by atoms with Crippen molar-refractivity contribution in [1.82, 2.24) is 4.98 Å². The van der Waals surface area contributed by atoms with Crippen molar-refractivity contribution >= 4 is 34.1 Å². The van der Waals surface area contributed by atoms with Crippen LogP contribution in [-0.2, 0) is 0 Å². The van der Waals surface area contributed by atoms with E-state index in [0.717, 1.165) is 33.6 Å². The maximum atomic E-state index is 6.36. The van der Waals surface area contributed by atoms with Gasteiger partial charge in [0, 0.05) is 11.4 Å². The van der Waals surface area contributed by atoms with Crippen LogP contribution in [0, 0.1) is 6.92 Å². The number of oxazole rings is 1. The van der Waals surface area contributed by atoms with Crippen LogP contribution in [-0.4, -0.2) is 4.98 Å². The molecule has 1 heterocycles. The third-order valence-corrected chi connectivity index (χ3v) is 4.13. The summed E-state index contributed by atoms with van der Waals surface area (Å²) < 4.78 is 5.87. The van der Waals surface area contributed by atoms with E-state index in [0.29, 0.717) is 10.9 Å². The standard InChI is InChI=1S/C20H15ClN2O/c1-13-7-10-19-18(11-13)23-20(24-19)16-12-15(8-9-17(16)21)22-14-5-3-2-4-6-14/h2-12,22H,1H3. The van der Waals surface area contributed by atoms with E-state index in [9.17, 15) is 0 Å². The second-order valence-electron chi connectivity index (χ2n) is 5.68. The Bertz CT molecular complexity index is 1010. The molecule has 4 aromatic rings. The summed E-state index contributed by atoms with van der Waals surface area (Å²) in [7, 11) is 0. The number of rotatable bonds is 3. The fourth-order valence-corrected chi connectivity index (χ4v) is 2.81. The number of hydrogen-bond acceptors (Lipinski definition) is 3. The van der Waals surface area contributed by atoms with Crippen LogP contribution in [0.4, 0.5) is 11.4 Å². The molecule has 0 saturated heterocycles. The van der Waals surface area contributed by atoms with Gasteiger partial charge in [0.1, 0.15) is 5.52 Å². The number of halogens is 1. The number of fused-ring (bicyclic) bond motifs is 1. The summed E-state index contributed by atoms with van der Waals surface area (Å²) in [6.07, 6.45) is 0. The first-order valence-electron chi connectivity index (χ1n) is 7.68. The average Bonchev–Trinajstić information content (AvgIpc) is 3.00. The Morgan fingerprint density at radius 3 is 2.58 bits per heavy atom. The van der Waals surface area contributed by atoms with Crippen LogP contribution < -0.4 is 5.32 Å². The maximum Gasteiger partial charge on any atom is 0.228 e. The first kappa shape index (κ1) is 14.8. The van der Waals surface area contributed by atoms with Crippen molar-refractivity contribution in [3.63, 3.8) is 0 Å². The van der Waals surface area contributed by atoms with Crippen molar-refractivity contribution in [3.8, 4) is 11.5 Å². The lowest BCUT2D eigenvalue weighted by Gasteiger charge is -2.08. The summed E-state index contributed by atoms with van der Waals surface area (Å²) in [6.45, 7) is 2.03. The van der Waals surface area contributed by atoms with E-state index in [2.05, 4.69) is 10.3 Å². The molecule has 0 aliphatic heterocycles. The lowest BCUT2D eigenvalue weighted by molar-refractivity contribution is 0.620. The van der Waals surface area contributed by atoms with Crippen LogP contribution in [0.2, 0.25) is 5.02 Å². The van der Waals surface area contributed by atoms with Crippen LogP contribution in [0.1, 0.15) is 5.56 Å². The first-order valence-corrected chi connectivity index (χ1v) is 8.06. The van der Waals surface area contributed by atoms with Gasteiger partial charge >= 0.3 is 0 Å². The number of anilines is 2. The minimum absolute atomic E-state index is 0.525. The van der Waals surface area contributed by atoms with E-state index >= 15 is 0 Å². The van der Waals surface area contributed by atoms with E-state index in [4.69, 9.17) is 16.0 Å². The molecule has 0 spiro atoms. The molecule has 3 aromatic carbocycles. The van der Waals surface area contributed by atoms with Crippen molar-refractivity contribution in [2.45, 2.75) is 6.92 Å². The Kier molecular flexibility index (Phi) is 3.71. The molecule has 0 unspecified atom stereocenters. The molecule has 0 amide bonds. The van der Waals surface area contributed by atoms with Crippen LogP contribution in [0.3, 0.4) is 0 Å². The number of para-hydroxylation sites is 1. The Labute approximate surface area is 144 Å². The van der Waals surface area contributed by atoms with Crippen molar-refractivity contribution in [3.05, 3.63) is 77.3 Å². The molecule has 1 aromatic heterocycles. The van der Waals surface area contributed by atoms with Crippen LogP contribution in [0.25, 0.3) is 22.6 Å². The topological polar surface area (TPSA) is 38.1 Å². The molecule has 0 aliphatic rings. The summed E-state index contributed by atoms with van der Waals surface area (Å²) in [6, 6.07) is 21.7. The molecular weight excluding hydrogens is 320 g/mol. The molecule has 0 bridgehead atoms. The normalized spacial score (nSPS) is 10.9. The average molecular weight is 335 g/mol. The van der Waals surface area contributed by atoms with E-state index in [-0.39, 0.29) is 0 Å². The number of nitrogens with zero attached hydrogens (tertiary/aromatic N) is 1. The molecule has 0 fully saturated rings. The van der Waals surface area contributed by atoms with Gasteiger partial charge in [0.15, 0.2) is 5.58 Å². The molecule has 0 atom stereocenters. The van der Waals surface area contributed by atoms with Gasteiger partial charge in [-0.3, -0.25) is 0 Å². The molecule has 3 nitrogen and oxygen atoms in total. The molecule has 0 aliphatic carbocycles. The highest BCUT2D eigenvalue weighted by Gasteiger charge is 2.12. The predicted molar refractivity (Wildman–Crippen MR) is 98.9 cm³/mol. The number of nitrogens with one attached hydrogen (secondary N) is 1. The highest BCUT2D eigenvalue weighted by Crippen LogP contribution is 2.33. The Morgan fingerprint density at radius 2 is 1.75 bits per heavy atom. The monoisotopic (exact) mass is 334 g/mol. The van der Waals surface area contributed by atoms with Gasteiger partial charge in [-0.15, -0.1) is 0 Å². The summed E-state index contributed by atoms with van der Waals surface area (Å²) >= 11 is 6.36. The van der Waals surface area contributed by atoms with E-state index in [1.807, 2.05) is 73.7 Å². The van der Waals surface area contributed by atoms with Crippen LogP contribution in [0.5, 0.6) is 0 Å². The van der Waals surface area contributed by atoms with Crippen molar-refractivity contribution in [2.24, 2.45) is 0 Å². The molecule has 0 radical (unpaired) electrons. The number of hydrogen-bond donors (Lipinski definition) is 1. The molecule has 4 rings (SSSR count). The van der Waals surface area contributed by atoms with Crippen LogP contribution >= 0.6 is 11.6 Å². The maximum absolute atomic E-state index is 6.36. The number of benzene rings is 3. The second-order valence-corrected chi connectivity index (χ2v) is 6.08. The Hall–Kier alpha value is -2.78. The molecule has 24 heavy (non-hydrogen) atoms. The second kappa shape index (κ2) is 6.02. The summed E-state index contributed by atoms with van der Waals surface area (Å²) in [5.41, 5.74) is 5.45. The minimum Gasteiger partial charge on any atom is -0.436 e. The van der Waals surface area contributed by atoms with Gasteiger partial charge in [0.25, 0.3) is 0 Å². The zero-order chi connectivity index (χ0) is 16.5. The van der Waals surface area contributed by atoms with Crippen molar-refractivity contribution < 1.29 is 4.42 Å². The zero-order valence-electron chi connectivity index (χ0n) is 13.1. The minimum atomic E-state index is 0.525. The lowest BCUT2D eigenvalue weighted by Crippen LogP contribution is -1.90. The summed E-state index contributed by atoms with van der Waals surface area (Å²) in [5, 5.41) is 3.96. The lowest BCUT2D eigenvalue weighted by atomic mass is 10.2. The van der Waals surface area contributed by atoms with Gasteiger partial charge in [-0.2, -0.15) is 0 Å². The van der Waals surface area contributed by atoms with Gasteiger partial charge in [-0.05, 0) is 55.0 Å². The number of aromatic nitrogens is 1. The van der Waals surface area contributed by atoms with Crippen molar-refractivity contribution in [2.75, 3.05) is 5.32 Å². The third kappa shape index (κ3) is 2.86.